The third-order valence-corrected chi connectivity index (χ3v) is 3.89. The molecule has 2 rings (SSSR count). The van der Waals surface area contributed by atoms with Crippen LogP contribution < -0.4 is 15.5 Å². The topological polar surface area (TPSA) is 61.4 Å². The Balaban J connectivity index is 2.04. The maximum Gasteiger partial charge on any atom is 0.255 e. The van der Waals surface area contributed by atoms with Crippen LogP contribution in [-0.4, -0.2) is 24.4 Å². The molecule has 0 saturated heterocycles. The van der Waals surface area contributed by atoms with Gasteiger partial charge in [0.2, 0.25) is 5.91 Å². The highest BCUT2D eigenvalue weighted by Gasteiger charge is 2.09. The third-order valence-electron chi connectivity index (χ3n) is 3.89. The molecule has 0 bridgehead atoms. The Morgan fingerprint density at radius 3 is 1.92 bits per heavy atom. The van der Waals surface area contributed by atoms with E-state index in [4.69, 9.17) is 0 Å². The largest absolute Gasteiger partial charge is 0.369 e. The summed E-state index contributed by atoms with van der Waals surface area (Å²) in [5.74, 6) is -0.321. The number of nitrogens with zero attached hydrogens (tertiary/aromatic N) is 1. The van der Waals surface area contributed by atoms with Gasteiger partial charge in [-0.25, -0.2) is 0 Å². The summed E-state index contributed by atoms with van der Waals surface area (Å²) >= 11 is 0. The molecular weight excluding hydrogens is 314 g/mol. The Kier molecular flexibility index (Phi) is 6.17. The summed E-state index contributed by atoms with van der Waals surface area (Å²) in [6.07, 6.45) is 0. The first-order valence-corrected chi connectivity index (χ1v) is 8.46. The van der Waals surface area contributed by atoms with Crippen LogP contribution in [0.25, 0.3) is 0 Å². The Hall–Kier alpha value is -2.82. The van der Waals surface area contributed by atoms with Gasteiger partial charge in [0.25, 0.3) is 5.91 Å². The number of nitrogens with one attached hydrogen (secondary N) is 2. The van der Waals surface area contributed by atoms with Crippen molar-refractivity contribution in [2.75, 3.05) is 22.1 Å². The summed E-state index contributed by atoms with van der Waals surface area (Å²) in [6.45, 7) is 8.82. The maximum atomic E-state index is 12.3. The molecule has 0 aromatic heterocycles. The van der Waals surface area contributed by atoms with Crippen molar-refractivity contribution >= 4 is 28.9 Å². The molecular formula is C20H25N3O2. The van der Waals surface area contributed by atoms with E-state index in [1.165, 1.54) is 6.92 Å². The van der Waals surface area contributed by atoms with Crippen LogP contribution in [0.5, 0.6) is 0 Å². The van der Waals surface area contributed by atoms with E-state index in [0.717, 1.165) is 17.9 Å². The first-order valence-electron chi connectivity index (χ1n) is 8.46. The molecule has 0 spiro atoms. The average molecular weight is 339 g/mol. The second kappa shape index (κ2) is 8.33. The lowest BCUT2D eigenvalue weighted by molar-refractivity contribution is -0.114. The molecule has 0 aliphatic heterocycles. The van der Waals surface area contributed by atoms with Crippen molar-refractivity contribution in [2.45, 2.75) is 33.7 Å². The number of carbonyl (C=O) groups excluding carboxylic acids is 2. The highest BCUT2D eigenvalue weighted by Crippen LogP contribution is 2.20. The fourth-order valence-corrected chi connectivity index (χ4v) is 2.69. The van der Waals surface area contributed by atoms with Crippen LogP contribution in [0.1, 0.15) is 38.1 Å². The molecule has 5 nitrogen and oxygen atoms in total. The smallest absolute Gasteiger partial charge is 0.255 e. The summed E-state index contributed by atoms with van der Waals surface area (Å²) < 4.78 is 0. The van der Waals surface area contributed by atoms with E-state index in [1.807, 2.05) is 24.3 Å². The van der Waals surface area contributed by atoms with Crippen LogP contribution in [0, 0.1) is 0 Å². The number of carbonyl (C=O) groups is 2. The van der Waals surface area contributed by atoms with Gasteiger partial charge in [-0.05, 0) is 69.3 Å². The molecule has 5 heteroatoms. The molecule has 0 radical (unpaired) electrons. The minimum absolute atomic E-state index is 0.139. The van der Waals surface area contributed by atoms with Crippen LogP contribution in [0.3, 0.4) is 0 Å². The molecule has 0 atom stereocenters. The van der Waals surface area contributed by atoms with Gasteiger partial charge in [-0.2, -0.15) is 0 Å². The normalized spacial score (nSPS) is 10.4. The minimum Gasteiger partial charge on any atom is -0.369 e. The molecule has 2 N–H and O–H groups in total. The van der Waals surface area contributed by atoms with Gasteiger partial charge in [0, 0.05) is 42.1 Å². The van der Waals surface area contributed by atoms with Crippen LogP contribution in [0.15, 0.2) is 48.5 Å². The third kappa shape index (κ3) is 5.08. The number of hydrogen-bond acceptors (Lipinski definition) is 3. The van der Waals surface area contributed by atoms with E-state index in [9.17, 15) is 9.59 Å². The van der Waals surface area contributed by atoms with Gasteiger partial charge in [-0.15, -0.1) is 0 Å². The van der Waals surface area contributed by atoms with E-state index in [0.29, 0.717) is 17.3 Å². The van der Waals surface area contributed by atoms with Crippen molar-refractivity contribution in [3.63, 3.8) is 0 Å². The van der Waals surface area contributed by atoms with Crippen molar-refractivity contribution < 1.29 is 9.59 Å². The van der Waals surface area contributed by atoms with Crippen molar-refractivity contribution in [2.24, 2.45) is 0 Å². The number of rotatable bonds is 6. The minimum atomic E-state index is -0.182. The van der Waals surface area contributed by atoms with Crippen LogP contribution in [-0.2, 0) is 4.79 Å². The molecule has 0 saturated carbocycles. The fourth-order valence-electron chi connectivity index (χ4n) is 2.69. The van der Waals surface area contributed by atoms with Gasteiger partial charge < -0.3 is 15.5 Å². The zero-order valence-electron chi connectivity index (χ0n) is 15.2. The molecule has 132 valence electrons. The van der Waals surface area contributed by atoms with Crippen LogP contribution in [0.2, 0.25) is 0 Å². The standard InChI is InChI=1S/C20H25N3O2/c1-5-23(14(2)3)19-12-10-18(11-13-19)22-20(25)16-6-8-17(9-7-16)21-15(4)24/h6-14H,5H2,1-4H3,(H,21,24)(H,22,25). The van der Waals surface area contributed by atoms with Crippen molar-refractivity contribution in [3.8, 4) is 0 Å². The highest BCUT2D eigenvalue weighted by molar-refractivity contribution is 6.04. The maximum absolute atomic E-state index is 12.3. The summed E-state index contributed by atoms with van der Waals surface area (Å²) in [5.41, 5.74) is 3.09. The predicted molar refractivity (Wildman–Crippen MR) is 103 cm³/mol. The molecule has 0 aliphatic rings. The van der Waals surface area contributed by atoms with E-state index in [2.05, 4.69) is 36.3 Å². The Morgan fingerprint density at radius 2 is 1.44 bits per heavy atom. The molecule has 0 aliphatic carbocycles. The zero-order valence-corrected chi connectivity index (χ0v) is 15.2. The van der Waals surface area contributed by atoms with E-state index < -0.39 is 0 Å². The molecule has 25 heavy (non-hydrogen) atoms. The molecule has 0 heterocycles. The first-order chi connectivity index (χ1) is 11.9. The van der Waals surface area contributed by atoms with Gasteiger partial charge >= 0.3 is 0 Å². The highest BCUT2D eigenvalue weighted by atomic mass is 16.2. The number of anilines is 3. The number of amides is 2. The Labute approximate surface area is 149 Å². The molecule has 2 amide bonds. The van der Waals surface area contributed by atoms with Gasteiger partial charge in [0.05, 0.1) is 0 Å². The predicted octanol–water partition coefficient (Wildman–Crippen LogP) is 4.13. The lowest BCUT2D eigenvalue weighted by atomic mass is 10.1. The summed E-state index contributed by atoms with van der Waals surface area (Å²) in [6, 6.07) is 15.1. The SMILES string of the molecule is CCN(c1ccc(NC(=O)c2ccc(NC(C)=O)cc2)cc1)C(C)C. The summed E-state index contributed by atoms with van der Waals surface area (Å²) in [4.78, 5) is 25.6. The summed E-state index contributed by atoms with van der Waals surface area (Å²) in [5, 5.41) is 5.56. The summed E-state index contributed by atoms with van der Waals surface area (Å²) in [7, 11) is 0. The lowest BCUT2D eigenvalue weighted by Gasteiger charge is -2.27. The Bertz CT molecular complexity index is 722. The van der Waals surface area contributed by atoms with Gasteiger partial charge in [-0.1, -0.05) is 0 Å². The first kappa shape index (κ1) is 18.5. The van der Waals surface area contributed by atoms with Crippen molar-refractivity contribution in [1.29, 1.82) is 0 Å². The quantitative estimate of drug-likeness (QED) is 0.832. The van der Waals surface area contributed by atoms with E-state index in [1.54, 1.807) is 24.3 Å². The molecule has 0 fully saturated rings. The average Bonchev–Trinajstić information content (AvgIpc) is 2.57. The number of hydrogen-bond donors (Lipinski definition) is 2. The second-order valence-electron chi connectivity index (χ2n) is 6.14. The second-order valence-corrected chi connectivity index (χ2v) is 6.14. The monoisotopic (exact) mass is 339 g/mol. The fraction of sp³-hybridized carbons (Fsp3) is 0.300. The van der Waals surface area contributed by atoms with Gasteiger partial charge in [-0.3, -0.25) is 9.59 Å². The molecule has 2 aromatic carbocycles. The van der Waals surface area contributed by atoms with Crippen LogP contribution in [0.4, 0.5) is 17.1 Å². The van der Waals surface area contributed by atoms with Gasteiger partial charge in [0.1, 0.15) is 0 Å². The van der Waals surface area contributed by atoms with Crippen LogP contribution >= 0.6 is 0 Å². The number of benzene rings is 2. The van der Waals surface area contributed by atoms with E-state index in [-0.39, 0.29) is 11.8 Å². The van der Waals surface area contributed by atoms with Gasteiger partial charge in [0.15, 0.2) is 0 Å². The molecule has 2 aromatic rings. The molecule has 0 unspecified atom stereocenters. The lowest BCUT2D eigenvalue weighted by Crippen LogP contribution is -2.30. The van der Waals surface area contributed by atoms with E-state index >= 15 is 0 Å². The van der Waals surface area contributed by atoms with Crippen molar-refractivity contribution in [3.05, 3.63) is 54.1 Å². The zero-order chi connectivity index (χ0) is 18.4. The Morgan fingerprint density at radius 1 is 0.920 bits per heavy atom. The van der Waals surface area contributed by atoms with Crippen molar-refractivity contribution in [1.82, 2.24) is 0 Å².